The van der Waals surface area contributed by atoms with Gasteiger partial charge in [0.1, 0.15) is 5.75 Å². The highest BCUT2D eigenvalue weighted by molar-refractivity contribution is 6.31. The molecular weight excluding hydrogens is 364 g/mol. The number of carbonyl (C=O) groups excluding carboxylic acids is 2. The van der Waals surface area contributed by atoms with Gasteiger partial charge in [-0.15, -0.1) is 0 Å². The molecule has 1 aliphatic rings. The summed E-state index contributed by atoms with van der Waals surface area (Å²) in [4.78, 5) is 24.9. The fourth-order valence-electron chi connectivity index (χ4n) is 2.96. The molecular formula is C21H23ClN2O3. The summed E-state index contributed by atoms with van der Waals surface area (Å²) in [6.07, 6.45) is 0.532. The summed E-state index contributed by atoms with van der Waals surface area (Å²) in [5, 5.41) is 6.19. The zero-order valence-corrected chi connectivity index (χ0v) is 16.3. The lowest BCUT2D eigenvalue weighted by atomic mass is 10.0. The van der Waals surface area contributed by atoms with Gasteiger partial charge in [-0.2, -0.15) is 0 Å². The summed E-state index contributed by atoms with van der Waals surface area (Å²) >= 11 is 5.98. The van der Waals surface area contributed by atoms with Crippen molar-refractivity contribution in [3.63, 3.8) is 0 Å². The van der Waals surface area contributed by atoms with Crippen LogP contribution >= 0.6 is 11.6 Å². The summed E-state index contributed by atoms with van der Waals surface area (Å²) in [5.74, 6) is -0.0330. The predicted molar refractivity (Wildman–Crippen MR) is 107 cm³/mol. The number of hydrogen-bond donors (Lipinski definition) is 2. The molecule has 0 radical (unpaired) electrons. The number of methoxy groups -OCH3 is 1. The lowest BCUT2D eigenvalue weighted by Gasteiger charge is -2.11. The van der Waals surface area contributed by atoms with Crippen molar-refractivity contribution in [3.8, 4) is 5.75 Å². The number of nitrogens with one attached hydrogen (secondary N) is 2. The molecule has 6 heteroatoms. The van der Waals surface area contributed by atoms with Gasteiger partial charge in [0.15, 0.2) is 0 Å². The Morgan fingerprint density at radius 1 is 1.04 bits per heavy atom. The number of rotatable bonds is 6. The number of ether oxygens (including phenoxy) is 1. The fourth-order valence-corrected chi connectivity index (χ4v) is 3.14. The Morgan fingerprint density at radius 2 is 1.67 bits per heavy atom. The van der Waals surface area contributed by atoms with E-state index >= 15 is 0 Å². The Labute approximate surface area is 164 Å². The lowest BCUT2D eigenvalue weighted by molar-refractivity contribution is -0.122. The summed E-state index contributed by atoms with van der Waals surface area (Å²) < 4.78 is 5.23. The Morgan fingerprint density at radius 3 is 2.26 bits per heavy atom. The summed E-state index contributed by atoms with van der Waals surface area (Å²) in [6.45, 7) is 4.24. The second kappa shape index (κ2) is 8.01. The van der Waals surface area contributed by atoms with Gasteiger partial charge >= 0.3 is 0 Å². The van der Waals surface area contributed by atoms with Crippen LogP contribution in [-0.4, -0.2) is 18.9 Å². The predicted octanol–water partition coefficient (Wildman–Crippen LogP) is 4.69. The molecule has 2 N–H and O–H groups in total. The zero-order chi connectivity index (χ0) is 19.6. The molecule has 2 aromatic rings. The van der Waals surface area contributed by atoms with E-state index in [-0.39, 0.29) is 23.7 Å². The quantitative estimate of drug-likeness (QED) is 0.757. The van der Waals surface area contributed by atoms with Crippen LogP contribution in [0, 0.1) is 11.8 Å². The molecule has 2 aromatic carbocycles. The highest BCUT2D eigenvalue weighted by atomic mass is 35.5. The molecule has 0 heterocycles. The van der Waals surface area contributed by atoms with Crippen LogP contribution in [0.1, 0.15) is 31.7 Å². The lowest BCUT2D eigenvalue weighted by Crippen LogP contribution is -2.20. The van der Waals surface area contributed by atoms with E-state index in [2.05, 4.69) is 24.5 Å². The van der Waals surface area contributed by atoms with Crippen LogP contribution in [0.2, 0.25) is 5.02 Å². The van der Waals surface area contributed by atoms with Crippen molar-refractivity contribution in [2.24, 2.45) is 11.8 Å². The molecule has 0 aliphatic heterocycles. The van der Waals surface area contributed by atoms with Crippen molar-refractivity contribution in [2.45, 2.75) is 26.2 Å². The molecule has 1 aliphatic carbocycles. The number of carbonyl (C=O) groups is 2. The van der Waals surface area contributed by atoms with E-state index in [1.165, 1.54) is 12.7 Å². The first-order valence-electron chi connectivity index (χ1n) is 8.94. The maximum absolute atomic E-state index is 12.5. The molecule has 0 bridgehead atoms. The van der Waals surface area contributed by atoms with Crippen molar-refractivity contribution >= 4 is 34.8 Å². The van der Waals surface area contributed by atoms with Crippen molar-refractivity contribution in [2.75, 3.05) is 17.7 Å². The van der Waals surface area contributed by atoms with Gasteiger partial charge in [0.2, 0.25) is 11.8 Å². The van der Waals surface area contributed by atoms with Gasteiger partial charge in [-0.05, 0) is 48.2 Å². The van der Waals surface area contributed by atoms with Gasteiger partial charge in [-0.1, -0.05) is 37.6 Å². The first-order chi connectivity index (χ1) is 12.9. The number of halogens is 1. The van der Waals surface area contributed by atoms with Crippen LogP contribution in [0.15, 0.2) is 42.5 Å². The zero-order valence-electron chi connectivity index (χ0n) is 15.6. The number of amides is 2. The number of hydrogen-bond acceptors (Lipinski definition) is 3. The van der Waals surface area contributed by atoms with Gasteiger partial charge in [-0.25, -0.2) is 0 Å². The number of anilines is 2. The van der Waals surface area contributed by atoms with Crippen LogP contribution in [0.3, 0.4) is 0 Å². The van der Waals surface area contributed by atoms with E-state index in [9.17, 15) is 9.59 Å². The Balaban J connectivity index is 1.57. The van der Waals surface area contributed by atoms with Crippen molar-refractivity contribution in [3.05, 3.63) is 53.1 Å². The Hall–Kier alpha value is -2.53. The summed E-state index contributed by atoms with van der Waals surface area (Å²) in [5.41, 5.74) is 2.46. The van der Waals surface area contributed by atoms with Gasteiger partial charge in [0, 0.05) is 10.7 Å². The van der Waals surface area contributed by atoms with Crippen molar-refractivity contribution < 1.29 is 14.3 Å². The summed E-state index contributed by atoms with van der Waals surface area (Å²) in [7, 11) is 1.52. The van der Waals surface area contributed by atoms with E-state index in [1.54, 1.807) is 18.2 Å². The SMILES string of the molecule is COc1ccc(Cl)cc1NC(=O)C1CC1C(=O)Nc1ccc(C(C)C)cc1. The molecule has 2 atom stereocenters. The molecule has 2 unspecified atom stereocenters. The van der Waals surface area contributed by atoms with Crippen LogP contribution in [0.25, 0.3) is 0 Å². The fraction of sp³-hybridized carbons (Fsp3) is 0.333. The topological polar surface area (TPSA) is 67.4 Å². The normalized spacial score (nSPS) is 18.1. The molecule has 1 fully saturated rings. The molecule has 27 heavy (non-hydrogen) atoms. The van der Waals surface area contributed by atoms with E-state index in [0.717, 1.165) is 5.69 Å². The molecule has 0 aromatic heterocycles. The maximum Gasteiger partial charge on any atom is 0.228 e. The third-order valence-electron chi connectivity index (χ3n) is 4.73. The van der Waals surface area contributed by atoms with E-state index in [1.807, 2.05) is 24.3 Å². The highest BCUT2D eigenvalue weighted by Gasteiger charge is 2.48. The van der Waals surface area contributed by atoms with Gasteiger partial charge in [-0.3, -0.25) is 9.59 Å². The van der Waals surface area contributed by atoms with Crippen molar-refractivity contribution in [1.29, 1.82) is 0 Å². The molecule has 142 valence electrons. The van der Waals surface area contributed by atoms with Crippen LogP contribution in [0.4, 0.5) is 11.4 Å². The maximum atomic E-state index is 12.5. The van der Waals surface area contributed by atoms with E-state index in [0.29, 0.717) is 28.8 Å². The second-order valence-electron chi connectivity index (χ2n) is 7.05. The van der Waals surface area contributed by atoms with Gasteiger partial charge in [0.25, 0.3) is 0 Å². The molecule has 3 rings (SSSR count). The van der Waals surface area contributed by atoms with Crippen molar-refractivity contribution in [1.82, 2.24) is 0 Å². The minimum atomic E-state index is -0.344. The van der Waals surface area contributed by atoms with Crippen LogP contribution in [0.5, 0.6) is 5.75 Å². The van der Waals surface area contributed by atoms with Gasteiger partial charge in [0.05, 0.1) is 24.6 Å². The third kappa shape index (κ3) is 4.61. The number of benzene rings is 2. The minimum Gasteiger partial charge on any atom is -0.495 e. The third-order valence-corrected chi connectivity index (χ3v) is 4.96. The summed E-state index contributed by atoms with van der Waals surface area (Å²) in [6, 6.07) is 12.8. The largest absolute Gasteiger partial charge is 0.495 e. The first-order valence-corrected chi connectivity index (χ1v) is 9.32. The molecule has 0 spiro atoms. The molecule has 0 saturated heterocycles. The molecule has 2 amide bonds. The van der Waals surface area contributed by atoms with Crippen LogP contribution in [-0.2, 0) is 9.59 Å². The molecule has 1 saturated carbocycles. The van der Waals surface area contributed by atoms with E-state index < -0.39 is 0 Å². The first kappa shape index (κ1) is 19.2. The van der Waals surface area contributed by atoms with Gasteiger partial charge < -0.3 is 15.4 Å². The average Bonchev–Trinajstić information content (AvgIpc) is 3.43. The van der Waals surface area contributed by atoms with E-state index in [4.69, 9.17) is 16.3 Å². The molecule has 5 nitrogen and oxygen atoms in total. The standard InChI is InChI=1S/C21H23ClN2O3/c1-12(2)13-4-7-15(8-5-13)23-20(25)16-11-17(16)21(26)24-18-10-14(22)6-9-19(18)27-3/h4-10,12,16-17H,11H2,1-3H3,(H,23,25)(H,24,26). The van der Waals surface area contributed by atoms with Crippen LogP contribution < -0.4 is 15.4 Å². The smallest absolute Gasteiger partial charge is 0.228 e. The Bertz CT molecular complexity index is 849. The average molecular weight is 387 g/mol. The Kier molecular flexibility index (Phi) is 5.71. The monoisotopic (exact) mass is 386 g/mol. The minimum absolute atomic E-state index is 0.134. The highest BCUT2D eigenvalue weighted by Crippen LogP contribution is 2.41. The second-order valence-corrected chi connectivity index (χ2v) is 7.48.